The van der Waals surface area contributed by atoms with E-state index < -0.39 is 0 Å². The molecule has 0 radical (unpaired) electrons. The zero-order chi connectivity index (χ0) is 13.3. The van der Waals surface area contributed by atoms with Crippen LogP contribution < -0.4 is 0 Å². The standard InChI is InChI=1S/C13H18N2O3/c1-14(2)10-3-4-15(8-10)13(18)9-5-11(16)7-12(17)6-9/h5-7,10,16-17H,3-4,8H2,1-2H3. The summed E-state index contributed by atoms with van der Waals surface area (Å²) in [5, 5.41) is 18.8. The highest BCUT2D eigenvalue weighted by Gasteiger charge is 2.28. The molecule has 0 aliphatic carbocycles. The first-order chi connectivity index (χ1) is 8.47. The number of phenolic OH excluding ortho intramolecular Hbond substituents is 2. The van der Waals surface area contributed by atoms with E-state index in [1.807, 2.05) is 14.1 Å². The van der Waals surface area contributed by atoms with Gasteiger partial charge < -0.3 is 20.0 Å². The summed E-state index contributed by atoms with van der Waals surface area (Å²) < 4.78 is 0. The van der Waals surface area contributed by atoms with Crippen LogP contribution in [0.2, 0.25) is 0 Å². The molecule has 1 heterocycles. The normalized spacial score (nSPS) is 19.5. The molecule has 1 fully saturated rings. The first kappa shape index (κ1) is 12.7. The molecule has 1 unspecified atom stereocenters. The number of phenols is 2. The summed E-state index contributed by atoms with van der Waals surface area (Å²) in [6, 6.07) is 4.35. The molecule has 1 aliphatic rings. The van der Waals surface area contributed by atoms with E-state index in [0.29, 0.717) is 24.7 Å². The van der Waals surface area contributed by atoms with Gasteiger partial charge in [-0.3, -0.25) is 4.79 Å². The van der Waals surface area contributed by atoms with E-state index >= 15 is 0 Å². The van der Waals surface area contributed by atoms with Crippen molar-refractivity contribution in [3.63, 3.8) is 0 Å². The lowest BCUT2D eigenvalue weighted by molar-refractivity contribution is 0.0782. The van der Waals surface area contributed by atoms with Gasteiger partial charge in [-0.2, -0.15) is 0 Å². The Morgan fingerprint density at radius 2 is 1.89 bits per heavy atom. The fourth-order valence-electron chi connectivity index (χ4n) is 2.25. The Morgan fingerprint density at radius 3 is 2.39 bits per heavy atom. The summed E-state index contributed by atoms with van der Waals surface area (Å²) in [6.07, 6.45) is 0.948. The summed E-state index contributed by atoms with van der Waals surface area (Å²) in [6.45, 7) is 1.39. The molecule has 0 bridgehead atoms. The van der Waals surface area contributed by atoms with Crippen LogP contribution >= 0.6 is 0 Å². The second-order valence-electron chi connectivity index (χ2n) is 4.90. The number of carbonyl (C=O) groups is 1. The van der Waals surface area contributed by atoms with Crippen LogP contribution in [-0.2, 0) is 0 Å². The molecule has 2 rings (SSSR count). The van der Waals surface area contributed by atoms with Crippen LogP contribution in [0, 0.1) is 0 Å². The Bertz CT molecular complexity index is 439. The number of likely N-dealkylation sites (N-methyl/N-ethyl adjacent to an activating group) is 1. The first-order valence-corrected chi connectivity index (χ1v) is 5.96. The number of rotatable bonds is 2. The molecule has 1 aliphatic heterocycles. The van der Waals surface area contributed by atoms with Crippen molar-refractivity contribution in [3.8, 4) is 11.5 Å². The summed E-state index contributed by atoms with van der Waals surface area (Å²) in [7, 11) is 4.00. The smallest absolute Gasteiger partial charge is 0.254 e. The maximum atomic E-state index is 12.2. The van der Waals surface area contributed by atoms with Gasteiger partial charge in [-0.1, -0.05) is 0 Å². The Balaban J connectivity index is 2.12. The largest absolute Gasteiger partial charge is 0.508 e. The SMILES string of the molecule is CN(C)C1CCN(C(=O)c2cc(O)cc(O)c2)C1. The van der Waals surface area contributed by atoms with Crippen molar-refractivity contribution in [2.75, 3.05) is 27.2 Å². The van der Waals surface area contributed by atoms with Gasteiger partial charge in [0.15, 0.2) is 0 Å². The number of amides is 1. The molecule has 1 aromatic carbocycles. The molecule has 2 N–H and O–H groups in total. The van der Waals surface area contributed by atoms with Gasteiger partial charge in [-0.05, 0) is 32.6 Å². The minimum Gasteiger partial charge on any atom is -0.508 e. The topological polar surface area (TPSA) is 64.0 Å². The molecule has 5 nitrogen and oxygen atoms in total. The zero-order valence-corrected chi connectivity index (χ0v) is 10.6. The highest BCUT2D eigenvalue weighted by atomic mass is 16.3. The first-order valence-electron chi connectivity index (χ1n) is 5.96. The van der Waals surface area contributed by atoms with E-state index in [1.165, 1.54) is 18.2 Å². The van der Waals surface area contributed by atoms with Gasteiger partial charge in [0.25, 0.3) is 5.91 Å². The Kier molecular flexibility index (Phi) is 3.43. The summed E-state index contributed by atoms with van der Waals surface area (Å²) in [5.74, 6) is -0.339. The highest BCUT2D eigenvalue weighted by molar-refractivity contribution is 5.95. The average molecular weight is 250 g/mol. The van der Waals surface area contributed by atoms with E-state index in [9.17, 15) is 15.0 Å². The van der Waals surface area contributed by atoms with Crippen LogP contribution in [0.4, 0.5) is 0 Å². The molecule has 18 heavy (non-hydrogen) atoms. The average Bonchev–Trinajstić information content (AvgIpc) is 2.75. The van der Waals surface area contributed by atoms with Gasteiger partial charge in [-0.15, -0.1) is 0 Å². The molecular formula is C13H18N2O3. The molecule has 0 aromatic heterocycles. The van der Waals surface area contributed by atoms with Crippen molar-refractivity contribution in [3.05, 3.63) is 23.8 Å². The van der Waals surface area contributed by atoms with Gasteiger partial charge in [0.2, 0.25) is 0 Å². The van der Waals surface area contributed by atoms with Crippen LogP contribution in [0.1, 0.15) is 16.8 Å². The lowest BCUT2D eigenvalue weighted by atomic mass is 10.2. The maximum Gasteiger partial charge on any atom is 0.254 e. The minimum absolute atomic E-state index is 0.0956. The number of carbonyl (C=O) groups excluding carboxylic acids is 1. The minimum atomic E-state index is -0.148. The molecule has 1 saturated heterocycles. The summed E-state index contributed by atoms with van der Waals surface area (Å²) >= 11 is 0. The monoisotopic (exact) mass is 250 g/mol. The summed E-state index contributed by atoms with van der Waals surface area (Å²) in [4.78, 5) is 16.1. The number of aromatic hydroxyl groups is 2. The fraction of sp³-hybridized carbons (Fsp3) is 0.462. The Morgan fingerprint density at radius 1 is 1.28 bits per heavy atom. The van der Waals surface area contributed by atoms with Crippen molar-refractivity contribution in [1.82, 2.24) is 9.80 Å². The van der Waals surface area contributed by atoms with Crippen molar-refractivity contribution in [1.29, 1.82) is 0 Å². The molecular weight excluding hydrogens is 232 g/mol. The predicted molar refractivity (Wildman–Crippen MR) is 67.8 cm³/mol. The zero-order valence-electron chi connectivity index (χ0n) is 10.6. The molecule has 1 aromatic rings. The van der Waals surface area contributed by atoms with Crippen LogP contribution in [0.5, 0.6) is 11.5 Å². The van der Waals surface area contributed by atoms with Crippen LogP contribution in [0.3, 0.4) is 0 Å². The van der Waals surface area contributed by atoms with Gasteiger partial charge in [0, 0.05) is 30.8 Å². The molecule has 0 saturated carbocycles. The van der Waals surface area contributed by atoms with Crippen molar-refractivity contribution >= 4 is 5.91 Å². The Hall–Kier alpha value is -1.75. The number of likely N-dealkylation sites (tertiary alicyclic amines) is 1. The van der Waals surface area contributed by atoms with E-state index in [2.05, 4.69) is 4.90 Å². The lowest BCUT2D eigenvalue weighted by Gasteiger charge is -2.20. The van der Waals surface area contributed by atoms with E-state index in [-0.39, 0.29) is 17.4 Å². The van der Waals surface area contributed by atoms with Gasteiger partial charge in [-0.25, -0.2) is 0 Å². The number of hydrogen-bond donors (Lipinski definition) is 2. The third kappa shape index (κ3) is 2.56. The quantitative estimate of drug-likeness (QED) is 0.817. The van der Waals surface area contributed by atoms with Gasteiger partial charge in [0.1, 0.15) is 11.5 Å². The summed E-state index contributed by atoms with van der Waals surface area (Å²) in [5.41, 5.74) is 0.326. The van der Waals surface area contributed by atoms with E-state index in [0.717, 1.165) is 6.42 Å². The van der Waals surface area contributed by atoms with Crippen LogP contribution in [0.25, 0.3) is 0 Å². The van der Waals surface area contributed by atoms with Gasteiger partial charge >= 0.3 is 0 Å². The fourth-order valence-corrected chi connectivity index (χ4v) is 2.25. The number of nitrogens with zero attached hydrogens (tertiary/aromatic N) is 2. The molecule has 0 spiro atoms. The van der Waals surface area contributed by atoms with E-state index in [4.69, 9.17) is 0 Å². The number of hydrogen-bond acceptors (Lipinski definition) is 4. The second kappa shape index (κ2) is 4.86. The third-order valence-electron chi connectivity index (χ3n) is 3.33. The van der Waals surface area contributed by atoms with Crippen molar-refractivity contribution in [2.24, 2.45) is 0 Å². The maximum absolute atomic E-state index is 12.2. The van der Waals surface area contributed by atoms with Crippen LogP contribution in [0.15, 0.2) is 18.2 Å². The molecule has 1 amide bonds. The van der Waals surface area contributed by atoms with Gasteiger partial charge in [0.05, 0.1) is 0 Å². The van der Waals surface area contributed by atoms with Crippen LogP contribution in [-0.4, -0.2) is 59.1 Å². The molecule has 1 atom stereocenters. The predicted octanol–water partition coefficient (Wildman–Crippen LogP) is 0.874. The highest BCUT2D eigenvalue weighted by Crippen LogP contribution is 2.23. The van der Waals surface area contributed by atoms with E-state index in [1.54, 1.807) is 4.90 Å². The molecule has 5 heteroatoms. The van der Waals surface area contributed by atoms with Crippen molar-refractivity contribution in [2.45, 2.75) is 12.5 Å². The number of benzene rings is 1. The van der Waals surface area contributed by atoms with Crippen molar-refractivity contribution < 1.29 is 15.0 Å². The molecule has 98 valence electrons. The Labute approximate surface area is 106 Å². The second-order valence-corrected chi connectivity index (χ2v) is 4.90. The lowest BCUT2D eigenvalue weighted by Crippen LogP contribution is -2.34. The third-order valence-corrected chi connectivity index (χ3v) is 3.33.